The van der Waals surface area contributed by atoms with Gasteiger partial charge in [0.25, 0.3) is 0 Å². The second-order valence-electron chi connectivity index (χ2n) is 32.0. The van der Waals surface area contributed by atoms with E-state index in [1.165, 1.54) is 76.6 Å². The van der Waals surface area contributed by atoms with Crippen LogP contribution in [0, 0.1) is 35.5 Å². The Morgan fingerprint density at radius 3 is 1.73 bits per heavy atom. The smallest absolute Gasteiger partial charge is 0.343 e. The van der Waals surface area contributed by atoms with Gasteiger partial charge in [-0.05, 0) is 139 Å². The van der Waals surface area contributed by atoms with Crippen LogP contribution in [0.3, 0.4) is 0 Å². The Bertz CT molecular complexity index is 2970. The molecule has 5 aliphatic carbocycles. The van der Waals surface area contributed by atoms with Crippen molar-refractivity contribution in [3.05, 3.63) is 0 Å². The van der Waals surface area contributed by atoms with Crippen molar-refractivity contribution in [2.24, 2.45) is 35.5 Å². The Morgan fingerprint density at radius 1 is 0.529 bits per heavy atom. The molecule has 0 bridgehead atoms. The highest BCUT2D eigenvalue weighted by atomic mass is 35.5. The van der Waals surface area contributed by atoms with Gasteiger partial charge in [0.15, 0.2) is 0 Å². The summed E-state index contributed by atoms with van der Waals surface area (Å²) in [5, 5.41) is 7.71. The molecular weight excluding hydrogens is 1340 g/mol. The number of likely N-dealkylation sites (tertiary alicyclic amines) is 1. The minimum Gasteiger partial charge on any atom is -0.343 e. The number of nitrogens with zero attached hydrogens (tertiary/aromatic N) is 9. The molecule has 8 aliphatic rings. The second-order valence-corrected chi connectivity index (χ2v) is 32.5. The van der Waals surface area contributed by atoms with E-state index < -0.39 is 162 Å². The molecule has 24 nitrogen and oxygen atoms in total. The molecule has 8 fully saturated rings. The number of fused-ring (bicyclic) bond motifs is 1. The monoisotopic (exact) mass is 1460 g/mol. The summed E-state index contributed by atoms with van der Waals surface area (Å²) in [5.41, 5.74) is -1.55. The number of halogens is 4. The van der Waals surface area contributed by atoms with Crippen molar-refractivity contribution in [2.45, 2.75) is 272 Å². The summed E-state index contributed by atoms with van der Waals surface area (Å²) >= 11 is 6.42. The molecule has 3 aliphatic heterocycles. The third-order valence-corrected chi connectivity index (χ3v) is 24.6. The molecule has 1 spiro atoms. The number of nitrogens with one attached hydrogen (secondary N) is 3. The minimum atomic E-state index is -4.51. The van der Waals surface area contributed by atoms with Crippen LogP contribution in [0.1, 0.15) is 213 Å². The molecule has 0 radical (unpaired) electrons. The van der Waals surface area contributed by atoms with Crippen molar-refractivity contribution in [1.29, 1.82) is 0 Å². The summed E-state index contributed by atoms with van der Waals surface area (Å²) in [4.78, 5) is 192. The molecule has 12 amide bonds. The lowest BCUT2D eigenvalue weighted by Crippen LogP contribution is -2.65. The predicted molar refractivity (Wildman–Crippen MR) is 377 cm³/mol. The standard InChI is InChI=1S/C74H118ClF3N12O12/c1-47(2)39-57-65(95)80-55(41-48-25-21-26-48)67(97)84(5)45-62(93)82(3)46-63(94)86(7)58(42-49-23-13-10-14-24-49)69(99)83(4)44-60(91)79-54(33-31-50-30-32-52(53(75)40-50)74(76,77)78)68(98)90-38-22-29-56(90)66(96)81-73(34-17-18-35-73)72(102)88(9)64(51-27-15-11-16-28-51)71(101)87(8)59(43-61(92)85(57)6)70(100)89-36-19-12-20-37-89/h47-59,64H,10-46H2,1-9H3,(H,79,91)(H,80,95)(H,81,96)/t50?,52?,53?,54-,55-,56-,57-,58-,59-,64-/m0/s1. The van der Waals surface area contributed by atoms with Crippen molar-refractivity contribution in [3.63, 3.8) is 0 Å². The molecule has 3 heterocycles. The van der Waals surface area contributed by atoms with Crippen molar-refractivity contribution >= 4 is 82.5 Å². The lowest BCUT2D eigenvalue weighted by atomic mass is 9.78. The van der Waals surface area contributed by atoms with E-state index in [1.54, 1.807) is 11.9 Å². The van der Waals surface area contributed by atoms with Gasteiger partial charge >= 0.3 is 6.18 Å². The third kappa shape index (κ3) is 20.6. The van der Waals surface area contributed by atoms with E-state index in [0.29, 0.717) is 58.0 Å². The largest absolute Gasteiger partial charge is 0.393 e. The molecule has 102 heavy (non-hydrogen) atoms. The summed E-state index contributed by atoms with van der Waals surface area (Å²) in [6.07, 6.45) is 10.5. The van der Waals surface area contributed by atoms with Gasteiger partial charge in [0.05, 0.1) is 32.0 Å². The summed E-state index contributed by atoms with van der Waals surface area (Å²) in [6, 6.07) is -8.40. The van der Waals surface area contributed by atoms with Gasteiger partial charge in [0.2, 0.25) is 70.9 Å². The van der Waals surface area contributed by atoms with Crippen LogP contribution in [-0.4, -0.2) is 263 Å². The maximum atomic E-state index is 15.9. The fraction of sp³-hybridized carbons (Fsp3) is 0.838. The number of carbonyl (C=O) groups is 12. The van der Waals surface area contributed by atoms with Gasteiger partial charge in [-0.3, -0.25) is 57.5 Å². The zero-order valence-electron chi connectivity index (χ0n) is 62.2. The molecule has 28 heteroatoms. The topological polar surface area (TPSA) is 270 Å². The number of likely N-dealkylation sites (N-methyl/N-ethyl adjacent to an activating group) is 7. The zero-order chi connectivity index (χ0) is 74.5. The van der Waals surface area contributed by atoms with Gasteiger partial charge in [-0.15, -0.1) is 11.6 Å². The number of amides is 12. The average Bonchev–Trinajstić information content (AvgIpc) is 1.44. The highest BCUT2D eigenvalue weighted by Gasteiger charge is 2.52. The Balaban J connectivity index is 1.16. The third-order valence-electron chi connectivity index (χ3n) is 24.1. The average molecular weight is 1460 g/mol. The summed E-state index contributed by atoms with van der Waals surface area (Å²) in [5.74, 6) is -9.73. The first kappa shape index (κ1) is 81.4. The number of carbonyl (C=O) groups excluding carboxylic acids is 12. The quantitative estimate of drug-likeness (QED) is 0.184. The number of alkyl halides is 4. The molecule has 574 valence electrons. The van der Waals surface area contributed by atoms with E-state index in [1.807, 2.05) is 13.8 Å². The van der Waals surface area contributed by atoms with Crippen LogP contribution >= 0.6 is 11.6 Å². The van der Waals surface area contributed by atoms with Crippen LogP contribution in [0.4, 0.5) is 13.2 Å². The fourth-order valence-corrected chi connectivity index (χ4v) is 18.0. The lowest BCUT2D eigenvalue weighted by Gasteiger charge is -2.43. The molecule has 0 aromatic rings. The first-order valence-corrected chi connectivity index (χ1v) is 38.7. The molecule has 8 rings (SSSR count). The zero-order valence-corrected chi connectivity index (χ0v) is 62.9. The first-order chi connectivity index (χ1) is 48.3. The van der Waals surface area contributed by atoms with Gasteiger partial charge < -0.3 is 60.0 Å². The number of hydrogen-bond acceptors (Lipinski definition) is 12. The van der Waals surface area contributed by atoms with Gasteiger partial charge in [-0.25, -0.2) is 0 Å². The molecule has 3 saturated heterocycles. The SMILES string of the molecule is CC(C)C[C@H]1C(=O)N[C@@H](CC2CCC2)C(=O)N(C)CC(=O)N(C)CC(=O)N(C)[C@@H](CC2CCCCC2)C(=O)N(C)CC(=O)N[C@@H](CCC2CCC(C(F)(F)F)C(Cl)C2)C(=O)N2CCC[C@H]2C(=O)NC2(CCCC2)C(=O)N(C)[C@@H](C2CCCCC2)C(=O)N(C)[C@H](C(=O)N2CCCCC2)CC(=O)N1C. The Hall–Kier alpha value is -6.28. The highest BCUT2D eigenvalue weighted by molar-refractivity contribution is 6.21. The van der Waals surface area contributed by atoms with Crippen LogP contribution in [0.5, 0.6) is 0 Å². The van der Waals surface area contributed by atoms with Crippen LogP contribution in [0.2, 0.25) is 0 Å². The number of rotatable bonds is 11. The minimum absolute atomic E-state index is 0.00506. The van der Waals surface area contributed by atoms with Gasteiger partial charge in [0, 0.05) is 74.3 Å². The van der Waals surface area contributed by atoms with Crippen LogP contribution in [0.15, 0.2) is 0 Å². The molecular formula is C74H118ClF3N12O12. The van der Waals surface area contributed by atoms with Crippen molar-refractivity contribution in [1.82, 2.24) is 60.0 Å². The van der Waals surface area contributed by atoms with Crippen LogP contribution in [0.25, 0.3) is 0 Å². The van der Waals surface area contributed by atoms with Gasteiger partial charge in [-0.2, -0.15) is 13.2 Å². The molecule has 5 saturated carbocycles. The molecule has 0 aromatic carbocycles. The van der Waals surface area contributed by atoms with E-state index in [4.69, 9.17) is 11.6 Å². The summed E-state index contributed by atoms with van der Waals surface area (Å²) in [7, 11) is 10.2. The van der Waals surface area contributed by atoms with E-state index >= 15 is 28.8 Å². The molecule has 10 atom stereocenters. The number of piperidine rings is 1. The second kappa shape index (κ2) is 36.6. The van der Waals surface area contributed by atoms with Gasteiger partial charge in [-0.1, -0.05) is 97.3 Å². The normalized spacial score (nSPS) is 30.3. The Labute approximate surface area is 607 Å². The highest BCUT2D eigenvalue weighted by Crippen LogP contribution is 2.44. The summed E-state index contributed by atoms with van der Waals surface area (Å²) < 4.78 is 42.1. The van der Waals surface area contributed by atoms with Crippen LogP contribution < -0.4 is 16.0 Å². The Kier molecular flexibility index (Phi) is 29.2. The van der Waals surface area contributed by atoms with Crippen molar-refractivity contribution in [3.8, 4) is 0 Å². The van der Waals surface area contributed by atoms with E-state index in [-0.39, 0.29) is 107 Å². The van der Waals surface area contributed by atoms with Crippen molar-refractivity contribution in [2.75, 3.05) is 88.6 Å². The lowest BCUT2D eigenvalue weighted by molar-refractivity contribution is -0.182. The molecule has 0 aromatic heterocycles. The fourth-order valence-electron chi connectivity index (χ4n) is 17.5. The maximum Gasteiger partial charge on any atom is 0.393 e. The van der Waals surface area contributed by atoms with E-state index in [9.17, 15) is 41.9 Å². The van der Waals surface area contributed by atoms with Gasteiger partial charge in [0.1, 0.15) is 47.8 Å². The van der Waals surface area contributed by atoms with Crippen molar-refractivity contribution < 1.29 is 70.7 Å². The number of hydrogen-bond donors (Lipinski definition) is 3. The van der Waals surface area contributed by atoms with E-state index in [0.717, 1.165) is 81.9 Å². The predicted octanol–water partition coefficient (Wildman–Crippen LogP) is 6.63. The molecule has 3 unspecified atom stereocenters. The first-order valence-electron chi connectivity index (χ1n) is 38.3. The van der Waals surface area contributed by atoms with Crippen LogP contribution in [-0.2, 0) is 57.5 Å². The Morgan fingerprint density at radius 2 is 1.12 bits per heavy atom. The summed E-state index contributed by atoms with van der Waals surface area (Å²) in [6.45, 7) is 3.06. The molecule has 3 N–H and O–H groups in total. The maximum absolute atomic E-state index is 15.9. The van der Waals surface area contributed by atoms with E-state index in [2.05, 4.69) is 16.0 Å².